The molecule has 1 unspecified atom stereocenters. The topological polar surface area (TPSA) is 132 Å². The molecule has 10 nitrogen and oxygen atoms in total. The smallest absolute Gasteiger partial charge is 0.403 e. The van der Waals surface area contributed by atoms with E-state index in [-0.39, 0.29) is 16.9 Å². The summed E-state index contributed by atoms with van der Waals surface area (Å²) in [6, 6.07) is 4.84. The number of nitrogens with one attached hydrogen (secondary N) is 1. The number of para-hydroxylation sites is 1. The van der Waals surface area contributed by atoms with E-state index < -0.39 is 54.8 Å². The van der Waals surface area contributed by atoms with Gasteiger partial charge in [0, 0.05) is 5.56 Å². The summed E-state index contributed by atoms with van der Waals surface area (Å²) in [7, 11) is -4.86. The molecule has 1 aromatic carbocycles. The van der Waals surface area contributed by atoms with E-state index in [4.69, 9.17) is 34.6 Å². The summed E-state index contributed by atoms with van der Waals surface area (Å²) in [5.41, 5.74) is -0.339. The predicted octanol–water partition coefficient (Wildman–Crippen LogP) is 2.00. The van der Waals surface area contributed by atoms with Crippen LogP contribution in [0.3, 0.4) is 0 Å². The molecule has 168 valence electrons. The summed E-state index contributed by atoms with van der Waals surface area (Å²) in [6.45, 7) is -2.61. The second-order valence-electron chi connectivity index (χ2n) is 6.65. The van der Waals surface area contributed by atoms with E-state index >= 15 is 4.39 Å². The van der Waals surface area contributed by atoms with Gasteiger partial charge in [-0.25, -0.2) is 8.96 Å². The minimum atomic E-state index is -4.86. The van der Waals surface area contributed by atoms with Gasteiger partial charge in [-0.15, -0.1) is 0 Å². The second-order valence-corrected chi connectivity index (χ2v) is 8.55. The zero-order valence-electron chi connectivity index (χ0n) is 18.6. The minimum Gasteiger partial charge on any atom is -0.403 e. The van der Waals surface area contributed by atoms with Crippen LogP contribution in [-0.2, 0) is 25.0 Å². The SMILES string of the molecule is [2H]C([2H])(OP1(=O)OCc2cccc(C)c2O1)[C@@]1(F)O[C@@]([2H])(n2cc(F)c(=O)[nH]c2=S)[C@H](O)[C@@H]1O. The molecule has 2 aromatic rings. The zero-order valence-corrected chi connectivity index (χ0v) is 17.3. The number of rotatable bonds is 4. The Morgan fingerprint density at radius 1 is 1.55 bits per heavy atom. The van der Waals surface area contributed by atoms with Crippen LogP contribution in [0.2, 0.25) is 0 Å². The van der Waals surface area contributed by atoms with Crippen molar-refractivity contribution in [3.8, 4) is 5.75 Å². The number of aliphatic hydroxyl groups excluding tert-OH is 2. The van der Waals surface area contributed by atoms with E-state index in [0.717, 1.165) is 0 Å². The molecule has 2 aliphatic heterocycles. The molecule has 1 saturated heterocycles. The number of hydrogen-bond donors (Lipinski definition) is 3. The van der Waals surface area contributed by atoms with Crippen LogP contribution in [0.15, 0.2) is 29.2 Å². The monoisotopic (exact) mass is 481 g/mol. The molecule has 5 atom stereocenters. The molecule has 0 bridgehead atoms. The van der Waals surface area contributed by atoms with Gasteiger partial charge in [0.2, 0.25) is 5.82 Å². The van der Waals surface area contributed by atoms with Crippen molar-refractivity contribution in [3.05, 3.63) is 56.5 Å². The van der Waals surface area contributed by atoms with Crippen molar-refractivity contribution in [1.29, 1.82) is 0 Å². The number of H-pyrrole nitrogens is 1. The number of aromatic amines is 1. The molecule has 4 rings (SSSR count). The molecule has 1 fully saturated rings. The van der Waals surface area contributed by atoms with Crippen LogP contribution in [0.4, 0.5) is 8.78 Å². The Morgan fingerprint density at radius 3 is 3.03 bits per heavy atom. The van der Waals surface area contributed by atoms with Crippen LogP contribution in [0.5, 0.6) is 5.75 Å². The van der Waals surface area contributed by atoms with Gasteiger partial charge in [-0.1, -0.05) is 18.2 Å². The van der Waals surface area contributed by atoms with E-state index in [1.807, 2.05) is 4.98 Å². The maximum Gasteiger partial charge on any atom is 0.530 e. The summed E-state index contributed by atoms with van der Waals surface area (Å²) in [5, 5.41) is 20.7. The average molecular weight is 481 g/mol. The Kier molecular flexibility index (Phi) is 4.70. The standard InChI is InChI=1S/C17H17F2N2O8PS/c1-8-3-2-4-9-6-26-30(25,29-12(8)9)27-7-17(19)13(23)11(22)15(28-17)21-5-10(18)14(24)20-16(21)31/h2-5,11,13,15,22-23H,6-7H2,1H3,(H,20,24,31)/t11-,13+,15-,17-,30?/m1/s1/i7D2,15D. The lowest BCUT2D eigenvalue weighted by Gasteiger charge is -2.29. The lowest BCUT2D eigenvalue weighted by atomic mass is 10.1. The predicted molar refractivity (Wildman–Crippen MR) is 102 cm³/mol. The third-order valence-corrected chi connectivity index (χ3v) is 5.96. The van der Waals surface area contributed by atoms with Crippen molar-refractivity contribution >= 4 is 20.0 Å². The number of aliphatic hydroxyl groups is 2. The van der Waals surface area contributed by atoms with Crippen molar-refractivity contribution in [1.82, 2.24) is 9.55 Å². The zero-order chi connectivity index (χ0) is 25.3. The molecule has 14 heteroatoms. The van der Waals surface area contributed by atoms with Crippen molar-refractivity contribution in [2.45, 2.75) is 37.8 Å². The van der Waals surface area contributed by atoms with Gasteiger partial charge in [0.1, 0.15) is 24.5 Å². The largest absolute Gasteiger partial charge is 0.530 e. The van der Waals surface area contributed by atoms with E-state index in [1.54, 1.807) is 25.1 Å². The van der Waals surface area contributed by atoms with Crippen LogP contribution in [0.1, 0.15) is 21.4 Å². The molecule has 3 N–H and O–H groups in total. The lowest BCUT2D eigenvalue weighted by Crippen LogP contribution is -2.43. The van der Waals surface area contributed by atoms with Gasteiger partial charge in [0.15, 0.2) is 11.0 Å². The maximum atomic E-state index is 15.8. The Bertz CT molecular complexity index is 1330. The normalized spacial score (nSPS) is 36.7. The number of fused-ring (bicyclic) bond motifs is 1. The first-order chi connectivity index (χ1) is 15.6. The third kappa shape index (κ3) is 3.98. The minimum absolute atomic E-state index is 0.0542. The maximum absolute atomic E-state index is 15.8. The molecule has 0 spiro atoms. The molecule has 0 amide bonds. The van der Waals surface area contributed by atoms with Gasteiger partial charge in [-0.2, -0.15) is 4.39 Å². The molecule has 1 aromatic heterocycles. The number of phosphoric ester groups is 1. The molecule has 2 aliphatic rings. The number of nitrogens with zero attached hydrogens (tertiary/aromatic N) is 1. The van der Waals surface area contributed by atoms with Crippen LogP contribution < -0.4 is 10.1 Å². The van der Waals surface area contributed by atoms with Gasteiger partial charge >= 0.3 is 7.82 Å². The number of alkyl halides is 1. The number of aryl methyl sites for hydroxylation is 1. The van der Waals surface area contributed by atoms with Crippen molar-refractivity contribution < 1.29 is 46.0 Å². The number of halogens is 2. The first-order valence-electron chi connectivity index (χ1n) is 10.1. The second kappa shape index (κ2) is 7.85. The Morgan fingerprint density at radius 2 is 2.29 bits per heavy atom. The highest BCUT2D eigenvalue weighted by molar-refractivity contribution is 7.71. The molecular weight excluding hydrogens is 461 g/mol. The van der Waals surface area contributed by atoms with Gasteiger partial charge < -0.3 is 19.5 Å². The number of hydrogen-bond acceptors (Lipinski definition) is 9. The molecule has 31 heavy (non-hydrogen) atoms. The number of phosphoric acid groups is 1. The van der Waals surface area contributed by atoms with Crippen LogP contribution >= 0.6 is 20.0 Å². The van der Waals surface area contributed by atoms with Crippen LogP contribution in [0, 0.1) is 17.5 Å². The summed E-state index contributed by atoms with van der Waals surface area (Å²) in [4.78, 5) is 13.2. The van der Waals surface area contributed by atoms with E-state index in [2.05, 4.69) is 0 Å². The molecule has 3 heterocycles. The fraction of sp³-hybridized carbons (Fsp3) is 0.412. The molecule has 0 saturated carbocycles. The highest BCUT2D eigenvalue weighted by Gasteiger charge is 2.57. The highest BCUT2D eigenvalue weighted by Crippen LogP contribution is 2.56. The summed E-state index contributed by atoms with van der Waals surface area (Å²) < 4.78 is 86.1. The van der Waals surface area contributed by atoms with E-state index in [9.17, 15) is 24.0 Å². The summed E-state index contributed by atoms with van der Waals surface area (Å²) in [6.07, 6.45) is -8.31. The third-order valence-electron chi connectivity index (χ3n) is 4.49. The van der Waals surface area contributed by atoms with Crippen molar-refractivity contribution in [2.75, 3.05) is 6.56 Å². The quantitative estimate of drug-likeness (QED) is 0.443. The van der Waals surface area contributed by atoms with Crippen LogP contribution in [-0.4, -0.2) is 44.4 Å². The summed E-state index contributed by atoms with van der Waals surface area (Å²) in [5.74, 6) is -5.52. The fourth-order valence-corrected chi connectivity index (χ4v) is 4.30. The van der Waals surface area contributed by atoms with E-state index in [1.165, 1.54) is 0 Å². The Labute approximate surface area is 182 Å². The van der Waals surface area contributed by atoms with Gasteiger partial charge in [-0.05, 0) is 24.7 Å². The van der Waals surface area contributed by atoms with Gasteiger partial charge in [-0.3, -0.25) is 23.4 Å². The highest BCUT2D eigenvalue weighted by atomic mass is 32.1. The van der Waals surface area contributed by atoms with E-state index in [0.29, 0.717) is 17.3 Å². The van der Waals surface area contributed by atoms with Gasteiger partial charge in [0.25, 0.3) is 11.4 Å². The van der Waals surface area contributed by atoms with Crippen LogP contribution in [0.25, 0.3) is 0 Å². The Hall–Kier alpha value is -1.99. The van der Waals surface area contributed by atoms with Gasteiger partial charge in [0.05, 0.1) is 16.9 Å². The molecule has 0 radical (unpaired) electrons. The first kappa shape index (κ1) is 18.6. The first-order valence-corrected chi connectivity index (χ1v) is 10.5. The molecular formula is C17H17F2N2O8PS. The lowest BCUT2D eigenvalue weighted by molar-refractivity contribution is -0.205. The summed E-state index contributed by atoms with van der Waals surface area (Å²) >= 11 is 4.78. The van der Waals surface area contributed by atoms with Crippen molar-refractivity contribution in [3.63, 3.8) is 0 Å². The average Bonchev–Trinajstić information content (AvgIpc) is 2.93. The number of benzene rings is 1. The number of aromatic nitrogens is 2. The molecule has 0 aliphatic carbocycles. The number of ether oxygens (including phenoxy) is 1. The Balaban J connectivity index is 1.69. The fourth-order valence-electron chi connectivity index (χ4n) is 2.90. The van der Waals surface area contributed by atoms with Crippen molar-refractivity contribution in [2.24, 2.45) is 0 Å².